The zero-order valence-electron chi connectivity index (χ0n) is 7.38. The van der Waals surface area contributed by atoms with Crippen LogP contribution in [0.3, 0.4) is 0 Å². The Kier molecular flexibility index (Phi) is 1.94. The number of allylic oxidation sites excluding steroid dienone is 2. The van der Waals surface area contributed by atoms with Crippen molar-refractivity contribution in [1.82, 2.24) is 4.98 Å². The fourth-order valence-electron chi connectivity index (χ4n) is 1.80. The molecule has 1 aromatic heterocycles. The van der Waals surface area contributed by atoms with Gasteiger partial charge in [-0.2, -0.15) is 0 Å². The number of aromatic nitrogens is 1. The van der Waals surface area contributed by atoms with E-state index < -0.39 is 0 Å². The van der Waals surface area contributed by atoms with Gasteiger partial charge in [-0.3, -0.25) is 4.98 Å². The van der Waals surface area contributed by atoms with Gasteiger partial charge in [-0.1, -0.05) is 12.1 Å². The molecular formula is C11H13N. The lowest BCUT2D eigenvalue weighted by molar-refractivity contribution is 0.808. The summed E-state index contributed by atoms with van der Waals surface area (Å²) in [6.45, 7) is 2.10. The average molecular weight is 159 g/mol. The van der Waals surface area contributed by atoms with Crippen molar-refractivity contribution in [2.75, 3.05) is 0 Å². The van der Waals surface area contributed by atoms with Crippen molar-refractivity contribution in [3.63, 3.8) is 0 Å². The van der Waals surface area contributed by atoms with Gasteiger partial charge in [0, 0.05) is 6.20 Å². The molecule has 2 rings (SSSR count). The molecule has 12 heavy (non-hydrogen) atoms. The SMILES string of the molecule is C/C=C1/CCCc2cccnc21. The highest BCUT2D eigenvalue weighted by atomic mass is 14.7. The summed E-state index contributed by atoms with van der Waals surface area (Å²) in [4.78, 5) is 4.40. The Morgan fingerprint density at radius 2 is 2.33 bits per heavy atom. The summed E-state index contributed by atoms with van der Waals surface area (Å²) in [5, 5.41) is 0. The summed E-state index contributed by atoms with van der Waals surface area (Å²) in [6, 6.07) is 4.21. The lowest BCUT2D eigenvalue weighted by Crippen LogP contribution is -2.03. The Labute approximate surface area is 73.1 Å². The van der Waals surface area contributed by atoms with E-state index in [0.717, 1.165) is 0 Å². The monoisotopic (exact) mass is 159 g/mol. The van der Waals surface area contributed by atoms with Crippen LogP contribution in [0.15, 0.2) is 24.4 Å². The zero-order valence-corrected chi connectivity index (χ0v) is 7.38. The van der Waals surface area contributed by atoms with Gasteiger partial charge in [-0.25, -0.2) is 0 Å². The van der Waals surface area contributed by atoms with Crippen LogP contribution in [0, 0.1) is 0 Å². The van der Waals surface area contributed by atoms with Gasteiger partial charge in [0.2, 0.25) is 0 Å². The van der Waals surface area contributed by atoms with Crippen molar-refractivity contribution in [2.45, 2.75) is 26.2 Å². The smallest absolute Gasteiger partial charge is 0.0690 e. The van der Waals surface area contributed by atoms with E-state index in [1.165, 1.54) is 36.1 Å². The summed E-state index contributed by atoms with van der Waals surface area (Å²) in [7, 11) is 0. The van der Waals surface area contributed by atoms with E-state index in [0.29, 0.717) is 0 Å². The fraction of sp³-hybridized carbons (Fsp3) is 0.364. The van der Waals surface area contributed by atoms with Crippen LogP contribution in [0.25, 0.3) is 5.57 Å². The number of pyridine rings is 1. The number of fused-ring (bicyclic) bond motifs is 1. The highest BCUT2D eigenvalue weighted by Gasteiger charge is 2.12. The van der Waals surface area contributed by atoms with E-state index in [-0.39, 0.29) is 0 Å². The number of aryl methyl sites for hydroxylation is 1. The molecule has 1 aliphatic carbocycles. The maximum atomic E-state index is 4.40. The standard InChI is InChI=1S/C11H13N/c1-2-9-5-3-6-10-7-4-8-12-11(9)10/h2,4,7-8H,3,5-6H2,1H3/b9-2-. The van der Waals surface area contributed by atoms with E-state index in [1.807, 2.05) is 12.3 Å². The highest BCUT2D eigenvalue weighted by molar-refractivity contribution is 5.66. The van der Waals surface area contributed by atoms with Crippen LogP contribution in [0.1, 0.15) is 31.0 Å². The number of hydrogen-bond donors (Lipinski definition) is 0. The van der Waals surface area contributed by atoms with Crippen LogP contribution in [-0.4, -0.2) is 4.98 Å². The number of rotatable bonds is 0. The van der Waals surface area contributed by atoms with Crippen LogP contribution >= 0.6 is 0 Å². The summed E-state index contributed by atoms with van der Waals surface area (Å²) < 4.78 is 0. The molecule has 62 valence electrons. The Bertz CT molecular complexity index is 313. The first-order valence-corrected chi connectivity index (χ1v) is 4.51. The van der Waals surface area contributed by atoms with E-state index in [4.69, 9.17) is 0 Å². The van der Waals surface area contributed by atoms with Crippen molar-refractivity contribution in [1.29, 1.82) is 0 Å². The second kappa shape index (κ2) is 3.10. The van der Waals surface area contributed by atoms with Crippen molar-refractivity contribution in [3.8, 4) is 0 Å². The summed E-state index contributed by atoms with van der Waals surface area (Å²) >= 11 is 0. The molecule has 1 aromatic rings. The number of nitrogens with zero attached hydrogens (tertiary/aromatic N) is 1. The molecule has 1 heteroatoms. The molecular weight excluding hydrogens is 146 g/mol. The van der Waals surface area contributed by atoms with Crippen molar-refractivity contribution in [2.24, 2.45) is 0 Å². The lowest BCUT2D eigenvalue weighted by atomic mass is 9.91. The van der Waals surface area contributed by atoms with Gasteiger partial charge in [0.25, 0.3) is 0 Å². The first kappa shape index (κ1) is 7.53. The third-order valence-corrected chi connectivity index (χ3v) is 2.44. The van der Waals surface area contributed by atoms with Crippen LogP contribution < -0.4 is 0 Å². The Hall–Kier alpha value is -1.11. The third kappa shape index (κ3) is 1.15. The van der Waals surface area contributed by atoms with Gasteiger partial charge in [0.1, 0.15) is 0 Å². The zero-order chi connectivity index (χ0) is 8.39. The molecule has 0 amide bonds. The lowest BCUT2D eigenvalue weighted by Gasteiger charge is -2.16. The molecule has 0 radical (unpaired) electrons. The van der Waals surface area contributed by atoms with Crippen molar-refractivity contribution < 1.29 is 0 Å². The summed E-state index contributed by atoms with van der Waals surface area (Å²) in [5.74, 6) is 0. The first-order chi connectivity index (χ1) is 5.92. The number of hydrogen-bond acceptors (Lipinski definition) is 1. The van der Waals surface area contributed by atoms with Crippen LogP contribution in [0.2, 0.25) is 0 Å². The largest absolute Gasteiger partial charge is 0.256 e. The minimum atomic E-state index is 1.19. The second-order valence-corrected chi connectivity index (χ2v) is 3.18. The molecule has 1 nitrogen and oxygen atoms in total. The molecule has 0 unspecified atom stereocenters. The van der Waals surface area contributed by atoms with Gasteiger partial charge in [0.05, 0.1) is 5.69 Å². The fourth-order valence-corrected chi connectivity index (χ4v) is 1.80. The van der Waals surface area contributed by atoms with E-state index in [2.05, 4.69) is 24.1 Å². The maximum Gasteiger partial charge on any atom is 0.0690 e. The quantitative estimate of drug-likeness (QED) is 0.567. The van der Waals surface area contributed by atoms with Crippen LogP contribution in [0.4, 0.5) is 0 Å². The van der Waals surface area contributed by atoms with Crippen molar-refractivity contribution in [3.05, 3.63) is 35.7 Å². The highest BCUT2D eigenvalue weighted by Crippen LogP contribution is 2.28. The molecule has 0 aliphatic heterocycles. The molecule has 0 aromatic carbocycles. The predicted molar refractivity (Wildman–Crippen MR) is 50.8 cm³/mol. The minimum Gasteiger partial charge on any atom is -0.256 e. The first-order valence-electron chi connectivity index (χ1n) is 4.51. The van der Waals surface area contributed by atoms with Gasteiger partial charge in [-0.05, 0) is 43.4 Å². The molecule has 1 heterocycles. The van der Waals surface area contributed by atoms with Gasteiger partial charge in [0.15, 0.2) is 0 Å². The predicted octanol–water partition coefficient (Wildman–Crippen LogP) is 2.82. The molecule has 1 aliphatic rings. The second-order valence-electron chi connectivity index (χ2n) is 3.18. The maximum absolute atomic E-state index is 4.40. The van der Waals surface area contributed by atoms with E-state index in [1.54, 1.807) is 0 Å². The summed E-state index contributed by atoms with van der Waals surface area (Å²) in [6.07, 6.45) is 7.73. The van der Waals surface area contributed by atoms with Gasteiger partial charge in [-0.15, -0.1) is 0 Å². The molecule has 0 saturated carbocycles. The minimum absolute atomic E-state index is 1.19. The van der Waals surface area contributed by atoms with Crippen LogP contribution in [0.5, 0.6) is 0 Å². The van der Waals surface area contributed by atoms with Gasteiger partial charge < -0.3 is 0 Å². The van der Waals surface area contributed by atoms with E-state index in [9.17, 15) is 0 Å². The topological polar surface area (TPSA) is 12.9 Å². The molecule has 0 saturated heterocycles. The molecule has 0 bridgehead atoms. The molecule has 0 spiro atoms. The Balaban J connectivity index is 2.51. The third-order valence-electron chi connectivity index (χ3n) is 2.44. The Morgan fingerprint density at radius 1 is 1.42 bits per heavy atom. The summed E-state index contributed by atoms with van der Waals surface area (Å²) in [5.41, 5.74) is 4.06. The van der Waals surface area contributed by atoms with E-state index >= 15 is 0 Å². The normalized spacial score (nSPS) is 19.2. The van der Waals surface area contributed by atoms with Crippen molar-refractivity contribution >= 4 is 5.57 Å². The molecule has 0 atom stereocenters. The molecule has 0 fully saturated rings. The Morgan fingerprint density at radius 3 is 3.17 bits per heavy atom. The van der Waals surface area contributed by atoms with Crippen LogP contribution in [-0.2, 0) is 6.42 Å². The molecule has 0 N–H and O–H groups in total. The van der Waals surface area contributed by atoms with Gasteiger partial charge >= 0.3 is 0 Å². The average Bonchev–Trinajstić information content (AvgIpc) is 2.17.